The maximum Gasteiger partial charge on any atom is 0.173 e. The van der Waals surface area contributed by atoms with E-state index in [9.17, 15) is 0 Å². The Labute approximate surface area is 54.0 Å². The summed E-state index contributed by atoms with van der Waals surface area (Å²) in [5, 5.41) is 0.426. The molecule has 0 aliphatic heterocycles. The lowest BCUT2D eigenvalue weighted by atomic mass is 10.7. The molecule has 0 atom stereocenters. The molecule has 0 saturated heterocycles. The van der Waals surface area contributed by atoms with Crippen LogP contribution in [0.15, 0.2) is 0 Å². The minimum Gasteiger partial charge on any atom is -0.484 e. The Morgan fingerprint density at radius 1 is 1.50 bits per heavy atom. The Balaban J connectivity index is 2.99. The summed E-state index contributed by atoms with van der Waals surface area (Å²) in [6.45, 7) is 1.26. The van der Waals surface area contributed by atoms with Crippen molar-refractivity contribution >= 4 is 17.3 Å². The van der Waals surface area contributed by atoms with Crippen molar-refractivity contribution in [3.05, 3.63) is 0 Å². The zero-order valence-corrected chi connectivity index (χ0v) is 5.41. The molecule has 0 aromatic heterocycles. The Bertz CT molecular complexity index is 76.4. The van der Waals surface area contributed by atoms with Crippen molar-refractivity contribution in [2.45, 2.75) is 0 Å². The molecule has 0 amide bonds. The van der Waals surface area contributed by atoms with E-state index in [4.69, 9.17) is 16.2 Å². The molecule has 3 nitrogen and oxygen atoms in total. The molecule has 0 bridgehead atoms. The van der Waals surface area contributed by atoms with E-state index in [-0.39, 0.29) is 0 Å². The first-order valence-electron chi connectivity index (χ1n) is 2.37. The summed E-state index contributed by atoms with van der Waals surface area (Å²) in [4.78, 5) is 0. The molecule has 0 heterocycles. The molecule has 0 fully saturated rings. The second-order valence-electron chi connectivity index (χ2n) is 1.21. The number of hydrogen-bond acceptors (Lipinski definition) is 4. The highest BCUT2D eigenvalue weighted by atomic mass is 32.1. The molecular formula is C4H10N2OS. The van der Waals surface area contributed by atoms with Crippen LogP contribution in [0.4, 0.5) is 0 Å². The van der Waals surface area contributed by atoms with Crippen LogP contribution in [-0.4, -0.2) is 24.7 Å². The normalized spacial score (nSPS) is 8.75. The quantitative estimate of drug-likeness (QED) is 0.498. The molecule has 0 aliphatic carbocycles. The molecule has 48 valence electrons. The van der Waals surface area contributed by atoms with Crippen LogP contribution >= 0.6 is 12.2 Å². The molecule has 0 unspecified atom stereocenters. The largest absolute Gasteiger partial charge is 0.484 e. The van der Waals surface area contributed by atoms with Gasteiger partial charge in [0, 0.05) is 6.54 Å². The van der Waals surface area contributed by atoms with Gasteiger partial charge < -0.3 is 16.2 Å². The van der Waals surface area contributed by atoms with Gasteiger partial charge >= 0.3 is 0 Å². The van der Waals surface area contributed by atoms with Gasteiger partial charge in [0.05, 0.1) is 6.54 Å². The van der Waals surface area contributed by atoms with Gasteiger partial charge in [-0.2, -0.15) is 0 Å². The Hall–Kier alpha value is -0.190. The first-order valence-corrected chi connectivity index (χ1v) is 2.78. The fourth-order valence-corrected chi connectivity index (χ4v) is 0.315. The van der Waals surface area contributed by atoms with Gasteiger partial charge in [-0.15, -0.1) is 0 Å². The van der Waals surface area contributed by atoms with Crippen LogP contribution in [0.25, 0.3) is 0 Å². The lowest BCUT2D eigenvalue weighted by molar-refractivity contribution is 0.319. The van der Waals surface area contributed by atoms with E-state index in [0.717, 1.165) is 0 Å². The second kappa shape index (κ2) is 4.96. The fraction of sp³-hybridized carbons (Fsp3) is 0.750. The number of thiocarbonyl (C=S) groups is 1. The third kappa shape index (κ3) is 3.98. The topological polar surface area (TPSA) is 61.3 Å². The fourth-order valence-electron chi connectivity index (χ4n) is 0.232. The van der Waals surface area contributed by atoms with Crippen LogP contribution < -0.4 is 11.5 Å². The predicted octanol–water partition coefficient (Wildman–Crippen LogP) is -0.752. The molecule has 8 heavy (non-hydrogen) atoms. The Morgan fingerprint density at radius 2 is 2.12 bits per heavy atom. The van der Waals surface area contributed by atoms with Crippen LogP contribution in [0.5, 0.6) is 0 Å². The molecule has 0 aromatic rings. The molecule has 4 N–H and O–H groups in total. The minimum absolute atomic E-state index is 0.301. The Morgan fingerprint density at radius 3 is 2.50 bits per heavy atom. The molecule has 0 saturated carbocycles. The lowest BCUT2D eigenvalue weighted by Gasteiger charge is -2.00. The highest BCUT2D eigenvalue weighted by Crippen LogP contribution is 1.75. The standard InChI is InChI=1S/C4H10N2OS/c5-1-2-7-4(8)3-6/h1-3,5-6H2. The van der Waals surface area contributed by atoms with Gasteiger partial charge in [0.1, 0.15) is 6.61 Å². The average Bonchev–Trinajstić information content (AvgIpc) is 1.83. The van der Waals surface area contributed by atoms with Crippen molar-refractivity contribution in [2.24, 2.45) is 11.5 Å². The second-order valence-corrected chi connectivity index (χ2v) is 1.67. The minimum atomic E-state index is 0.301. The number of hydrogen-bond donors (Lipinski definition) is 2. The third-order valence-corrected chi connectivity index (χ3v) is 0.832. The van der Waals surface area contributed by atoms with E-state index in [1.165, 1.54) is 0 Å². The molecule has 0 aromatic carbocycles. The molecule has 0 spiro atoms. The van der Waals surface area contributed by atoms with Crippen molar-refractivity contribution in [1.29, 1.82) is 0 Å². The number of nitrogens with two attached hydrogens (primary N) is 2. The van der Waals surface area contributed by atoms with Crippen molar-refractivity contribution in [2.75, 3.05) is 19.7 Å². The molecule has 0 rings (SSSR count). The van der Waals surface area contributed by atoms with E-state index < -0.39 is 0 Å². The first kappa shape index (κ1) is 7.81. The zero-order valence-electron chi connectivity index (χ0n) is 4.59. The first-order chi connectivity index (χ1) is 3.81. The van der Waals surface area contributed by atoms with E-state index in [1.54, 1.807) is 0 Å². The van der Waals surface area contributed by atoms with Gasteiger partial charge in [0.25, 0.3) is 0 Å². The van der Waals surface area contributed by atoms with Crippen molar-refractivity contribution in [1.82, 2.24) is 0 Å². The highest BCUT2D eigenvalue weighted by Gasteiger charge is 1.88. The summed E-state index contributed by atoms with van der Waals surface area (Å²) >= 11 is 4.62. The van der Waals surface area contributed by atoms with Crippen LogP contribution in [0.3, 0.4) is 0 Å². The van der Waals surface area contributed by atoms with Gasteiger partial charge in [-0.1, -0.05) is 0 Å². The summed E-state index contributed by atoms with van der Waals surface area (Å²) in [6.07, 6.45) is 0. The van der Waals surface area contributed by atoms with Crippen molar-refractivity contribution in [3.8, 4) is 0 Å². The van der Waals surface area contributed by atoms with Crippen LogP contribution in [0.1, 0.15) is 0 Å². The van der Waals surface area contributed by atoms with Gasteiger partial charge in [0.2, 0.25) is 0 Å². The van der Waals surface area contributed by atoms with E-state index in [2.05, 4.69) is 12.2 Å². The van der Waals surface area contributed by atoms with Gasteiger partial charge in [-0.3, -0.25) is 0 Å². The summed E-state index contributed by atoms with van der Waals surface area (Å²) < 4.78 is 4.82. The molecule has 0 radical (unpaired) electrons. The predicted molar refractivity (Wildman–Crippen MR) is 36.7 cm³/mol. The average molecular weight is 134 g/mol. The number of rotatable bonds is 3. The monoisotopic (exact) mass is 134 g/mol. The van der Waals surface area contributed by atoms with E-state index >= 15 is 0 Å². The maximum atomic E-state index is 5.11. The summed E-state index contributed by atoms with van der Waals surface area (Å²) in [7, 11) is 0. The van der Waals surface area contributed by atoms with Gasteiger partial charge in [0.15, 0.2) is 5.05 Å². The van der Waals surface area contributed by atoms with Gasteiger partial charge in [-0.25, -0.2) is 0 Å². The van der Waals surface area contributed by atoms with Crippen LogP contribution in [0, 0.1) is 0 Å². The molecule has 4 heteroatoms. The Kier molecular flexibility index (Phi) is 4.84. The zero-order chi connectivity index (χ0) is 6.41. The van der Waals surface area contributed by atoms with Gasteiger partial charge in [-0.05, 0) is 12.2 Å². The van der Waals surface area contributed by atoms with Crippen molar-refractivity contribution < 1.29 is 4.74 Å². The van der Waals surface area contributed by atoms with Crippen LogP contribution in [-0.2, 0) is 4.74 Å². The van der Waals surface area contributed by atoms with Crippen LogP contribution in [0.2, 0.25) is 0 Å². The lowest BCUT2D eigenvalue weighted by Crippen LogP contribution is -2.18. The summed E-state index contributed by atoms with van der Waals surface area (Å²) in [5.41, 5.74) is 10.2. The van der Waals surface area contributed by atoms with E-state index in [0.29, 0.717) is 24.7 Å². The maximum absolute atomic E-state index is 5.11. The summed E-state index contributed by atoms with van der Waals surface area (Å²) in [5.74, 6) is 0. The summed E-state index contributed by atoms with van der Waals surface area (Å²) in [6, 6.07) is 0. The smallest absolute Gasteiger partial charge is 0.173 e. The van der Waals surface area contributed by atoms with E-state index in [1.807, 2.05) is 0 Å². The SMILES string of the molecule is NCCOC(=S)CN. The highest BCUT2D eigenvalue weighted by molar-refractivity contribution is 7.80. The number of ether oxygens (including phenoxy) is 1. The molecule has 0 aliphatic rings. The van der Waals surface area contributed by atoms with Crippen molar-refractivity contribution in [3.63, 3.8) is 0 Å². The molecular weight excluding hydrogens is 124 g/mol. The third-order valence-electron chi connectivity index (χ3n) is 0.548.